The molecule has 1 nitrogen and oxygen atoms in total. The fourth-order valence-corrected chi connectivity index (χ4v) is 1.01. The molecule has 0 N–H and O–H groups in total. The molecule has 12 heavy (non-hydrogen) atoms. The molecule has 0 amide bonds. The van der Waals surface area contributed by atoms with E-state index in [0.717, 1.165) is 5.56 Å². The van der Waals surface area contributed by atoms with Crippen molar-refractivity contribution in [2.75, 3.05) is 0 Å². The molecule has 0 bridgehead atoms. The Kier molecular flexibility index (Phi) is 3.02. The number of rotatable bonds is 3. The standard InChI is InChI=1S/C9H10F2O/c1-2-7-5-3-4-6-8(7)12-9(10)11/h3-6,9H,2H2,1H3. The zero-order valence-corrected chi connectivity index (χ0v) is 6.76. The lowest BCUT2D eigenvalue weighted by Gasteiger charge is -2.07. The fourth-order valence-electron chi connectivity index (χ4n) is 1.01. The Morgan fingerprint density at radius 2 is 2.00 bits per heavy atom. The third-order valence-electron chi connectivity index (χ3n) is 1.57. The maximum Gasteiger partial charge on any atom is 0.387 e. The summed E-state index contributed by atoms with van der Waals surface area (Å²) in [5.74, 6) is 0.273. The summed E-state index contributed by atoms with van der Waals surface area (Å²) in [4.78, 5) is 0. The lowest BCUT2D eigenvalue weighted by molar-refractivity contribution is -0.0504. The molecule has 0 atom stereocenters. The second-order valence-corrected chi connectivity index (χ2v) is 2.34. The van der Waals surface area contributed by atoms with Crippen molar-refractivity contribution in [2.24, 2.45) is 0 Å². The first-order valence-electron chi connectivity index (χ1n) is 3.76. The maximum absolute atomic E-state index is 11.8. The second kappa shape index (κ2) is 4.04. The highest BCUT2D eigenvalue weighted by molar-refractivity contribution is 5.33. The molecular weight excluding hydrogens is 162 g/mol. The van der Waals surface area contributed by atoms with Crippen molar-refractivity contribution >= 4 is 0 Å². The topological polar surface area (TPSA) is 9.23 Å². The van der Waals surface area contributed by atoms with Gasteiger partial charge in [-0.15, -0.1) is 0 Å². The van der Waals surface area contributed by atoms with Crippen LogP contribution in [-0.4, -0.2) is 6.61 Å². The molecule has 0 radical (unpaired) electrons. The molecule has 0 spiro atoms. The van der Waals surface area contributed by atoms with Crippen molar-refractivity contribution < 1.29 is 13.5 Å². The van der Waals surface area contributed by atoms with Crippen molar-refractivity contribution in [1.82, 2.24) is 0 Å². The predicted molar refractivity (Wildman–Crippen MR) is 42.5 cm³/mol. The van der Waals surface area contributed by atoms with Crippen molar-refractivity contribution in [3.05, 3.63) is 29.8 Å². The molecule has 0 aliphatic rings. The fraction of sp³-hybridized carbons (Fsp3) is 0.333. The normalized spacial score (nSPS) is 10.3. The molecule has 0 saturated carbocycles. The summed E-state index contributed by atoms with van der Waals surface area (Å²) >= 11 is 0. The van der Waals surface area contributed by atoms with Crippen LogP contribution in [0, 0.1) is 0 Å². The van der Waals surface area contributed by atoms with Crippen molar-refractivity contribution in [2.45, 2.75) is 20.0 Å². The number of hydrogen-bond acceptors (Lipinski definition) is 1. The van der Waals surface area contributed by atoms with Crippen LogP contribution in [0.15, 0.2) is 24.3 Å². The Labute approximate surface area is 70.0 Å². The minimum Gasteiger partial charge on any atom is -0.435 e. The number of aryl methyl sites for hydroxylation is 1. The van der Waals surface area contributed by atoms with E-state index in [1.165, 1.54) is 0 Å². The van der Waals surface area contributed by atoms with Crippen LogP contribution >= 0.6 is 0 Å². The number of hydrogen-bond donors (Lipinski definition) is 0. The highest BCUT2D eigenvalue weighted by Gasteiger charge is 2.06. The summed E-state index contributed by atoms with van der Waals surface area (Å²) in [6, 6.07) is 6.80. The molecule has 3 heteroatoms. The van der Waals surface area contributed by atoms with Gasteiger partial charge < -0.3 is 4.74 Å². The van der Waals surface area contributed by atoms with Crippen LogP contribution in [0.25, 0.3) is 0 Å². The van der Waals surface area contributed by atoms with E-state index < -0.39 is 6.61 Å². The largest absolute Gasteiger partial charge is 0.435 e. The van der Waals surface area contributed by atoms with E-state index in [0.29, 0.717) is 6.42 Å². The average Bonchev–Trinajstić information content (AvgIpc) is 2.04. The Morgan fingerprint density at radius 3 is 2.58 bits per heavy atom. The van der Waals surface area contributed by atoms with Gasteiger partial charge in [-0.2, -0.15) is 8.78 Å². The van der Waals surface area contributed by atoms with Crippen LogP contribution in [-0.2, 0) is 6.42 Å². The van der Waals surface area contributed by atoms with Crippen molar-refractivity contribution in [1.29, 1.82) is 0 Å². The molecule has 0 aromatic heterocycles. The smallest absolute Gasteiger partial charge is 0.387 e. The molecule has 0 aliphatic carbocycles. The second-order valence-electron chi connectivity index (χ2n) is 2.34. The van der Waals surface area contributed by atoms with Gasteiger partial charge in [-0.3, -0.25) is 0 Å². The third-order valence-corrected chi connectivity index (χ3v) is 1.57. The van der Waals surface area contributed by atoms with Gasteiger partial charge in [-0.1, -0.05) is 25.1 Å². The summed E-state index contributed by atoms with van der Waals surface area (Å²) in [7, 11) is 0. The first-order valence-corrected chi connectivity index (χ1v) is 3.76. The number of para-hydroxylation sites is 1. The van der Waals surface area contributed by atoms with Gasteiger partial charge in [0.2, 0.25) is 0 Å². The summed E-state index contributed by atoms with van der Waals surface area (Å²) in [6.45, 7) is -0.842. The zero-order valence-electron chi connectivity index (χ0n) is 6.76. The van der Waals surface area contributed by atoms with E-state index in [2.05, 4.69) is 4.74 Å². The Balaban J connectivity index is 2.82. The highest BCUT2D eigenvalue weighted by Crippen LogP contribution is 2.20. The van der Waals surface area contributed by atoms with Gasteiger partial charge >= 0.3 is 6.61 Å². The van der Waals surface area contributed by atoms with E-state index in [1.807, 2.05) is 6.92 Å². The Hall–Kier alpha value is -1.12. The monoisotopic (exact) mass is 172 g/mol. The number of benzene rings is 1. The third kappa shape index (κ3) is 2.19. The van der Waals surface area contributed by atoms with Crippen LogP contribution in [0.1, 0.15) is 12.5 Å². The minimum atomic E-state index is -2.74. The molecule has 0 unspecified atom stereocenters. The minimum absolute atomic E-state index is 0.273. The molecule has 1 rings (SSSR count). The molecular formula is C9H10F2O. The lowest BCUT2D eigenvalue weighted by Crippen LogP contribution is -2.03. The first-order chi connectivity index (χ1) is 5.74. The summed E-state index contributed by atoms with van der Waals surface area (Å²) in [5.41, 5.74) is 0.804. The molecule has 1 aromatic carbocycles. The van der Waals surface area contributed by atoms with Gasteiger partial charge in [0.25, 0.3) is 0 Å². The average molecular weight is 172 g/mol. The van der Waals surface area contributed by atoms with E-state index in [-0.39, 0.29) is 5.75 Å². The molecule has 1 aromatic rings. The van der Waals surface area contributed by atoms with E-state index in [1.54, 1.807) is 24.3 Å². The van der Waals surface area contributed by atoms with Crippen LogP contribution in [0.2, 0.25) is 0 Å². The van der Waals surface area contributed by atoms with Crippen LogP contribution in [0.3, 0.4) is 0 Å². The molecule has 0 aliphatic heterocycles. The van der Waals surface area contributed by atoms with E-state index in [4.69, 9.17) is 0 Å². The SMILES string of the molecule is CCc1ccccc1OC(F)F. The van der Waals surface area contributed by atoms with Crippen molar-refractivity contribution in [3.63, 3.8) is 0 Å². The highest BCUT2D eigenvalue weighted by atomic mass is 19.3. The van der Waals surface area contributed by atoms with Crippen molar-refractivity contribution in [3.8, 4) is 5.75 Å². The van der Waals surface area contributed by atoms with Gasteiger partial charge in [0, 0.05) is 0 Å². The Morgan fingerprint density at radius 1 is 1.33 bits per heavy atom. The summed E-state index contributed by atoms with van der Waals surface area (Å²) in [6.07, 6.45) is 0.697. The quantitative estimate of drug-likeness (QED) is 0.681. The van der Waals surface area contributed by atoms with Gasteiger partial charge in [0.1, 0.15) is 5.75 Å². The molecule has 66 valence electrons. The van der Waals surface area contributed by atoms with E-state index >= 15 is 0 Å². The van der Waals surface area contributed by atoms with Gasteiger partial charge in [0.05, 0.1) is 0 Å². The number of alkyl halides is 2. The number of halogens is 2. The zero-order chi connectivity index (χ0) is 8.97. The van der Waals surface area contributed by atoms with Crippen LogP contribution in [0.4, 0.5) is 8.78 Å². The first kappa shape index (κ1) is 8.97. The molecule has 0 saturated heterocycles. The predicted octanol–water partition coefficient (Wildman–Crippen LogP) is 2.85. The van der Waals surface area contributed by atoms with E-state index in [9.17, 15) is 8.78 Å². The van der Waals surface area contributed by atoms with Gasteiger partial charge in [0.15, 0.2) is 0 Å². The molecule has 0 heterocycles. The maximum atomic E-state index is 11.8. The summed E-state index contributed by atoms with van der Waals surface area (Å²) < 4.78 is 27.9. The summed E-state index contributed by atoms with van der Waals surface area (Å²) in [5, 5.41) is 0. The van der Waals surface area contributed by atoms with Gasteiger partial charge in [-0.25, -0.2) is 0 Å². The van der Waals surface area contributed by atoms with Gasteiger partial charge in [-0.05, 0) is 18.1 Å². The Bertz CT molecular complexity index is 248. The molecule has 0 fully saturated rings. The van der Waals surface area contributed by atoms with Crippen LogP contribution < -0.4 is 4.74 Å². The number of ether oxygens (including phenoxy) is 1. The van der Waals surface area contributed by atoms with Crippen LogP contribution in [0.5, 0.6) is 5.75 Å². The lowest BCUT2D eigenvalue weighted by atomic mass is 10.1.